The zero-order chi connectivity index (χ0) is 37.1. The van der Waals surface area contributed by atoms with Crippen molar-refractivity contribution in [3.8, 4) is 44.5 Å². The topological polar surface area (TPSA) is 0 Å². The van der Waals surface area contributed by atoms with Crippen LogP contribution < -0.4 is 10.4 Å². The molecule has 266 valence electrons. The van der Waals surface area contributed by atoms with Crippen LogP contribution in [0.25, 0.3) is 105 Å². The van der Waals surface area contributed by atoms with E-state index in [2.05, 4.69) is 172 Å². The van der Waals surface area contributed by atoms with Gasteiger partial charge in [-0.3, -0.25) is 0 Å². The molecule has 8 aromatic carbocycles. The fourth-order valence-electron chi connectivity index (χ4n) is 10.6. The summed E-state index contributed by atoms with van der Waals surface area (Å²) >= 11 is 1.99. The van der Waals surface area contributed by atoms with Crippen molar-refractivity contribution in [1.29, 1.82) is 0 Å². The smallest absolute Gasteiger partial charge is 0.0433 e. The van der Waals surface area contributed by atoms with Crippen molar-refractivity contribution in [3.05, 3.63) is 172 Å². The Balaban J connectivity index is 1.03. The summed E-state index contributed by atoms with van der Waals surface area (Å²) in [4.78, 5) is 1.45. The van der Waals surface area contributed by atoms with Crippen LogP contribution in [-0.2, 0) is 11.8 Å². The second kappa shape index (κ2) is 12.0. The Morgan fingerprint density at radius 3 is 1.93 bits per heavy atom. The van der Waals surface area contributed by atoms with Crippen LogP contribution in [0.4, 0.5) is 0 Å². The van der Waals surface area contributed by atoms with E-state index in [1.807, 2.05) is 11.3 Å². The molecule has 0 aliphatic heterocycles. The summed E-state index contributed by atoms with van der Waals surface area (Å²) in [5, 5.41) is 12.3. The molecule has 0 unspecified atom stereocenters. The molecule has 0 bridgehead atoms. The van der Waals surface area contributed by atoms with Crippen molar-refractivity contribution >= 4 is 72.0 Å². The molecule has 0 N–H and O–H groups in total. The van der Waals surface area contributed by atoms with Gasteiger partial charge in [-0.25, -0.2) is 0 Å². The van der Waals surface area contributed by atoms with Crippen LogP contribution >= 0.6 is 11.3 Å². The largest absolute Gasteiger partial charge is 0.135 e. The summed E-state index contributed by atoms with van der Waals surface area (Å²) in [6.07, 6.45) is 14.1. The minimum atomic E-state index is -0.0861. The van der Waals surface area contributed by atoms with E-state index in [1.165, 1.54) is 113 Å². The van der Waals surface area contributed by atoms with Gasteiger partial charge in [-0.1, -0.05) is 159 Å². The molecule has 1 aromatic heterocycles. The molecular formula is C55H40S. The molecule has 0 atom stereocenters. The van der Waals surface area contributed by atoms with Crippen LogP contribution in [0.1, 0.15) is 54.7 Å². The monoisotopic (exact) mass is 732 g/mol. The van der Waals surface area contributed by atoms with E-state index in [1.54, 1.807) is 5.56 Å². The zero-order valence-corrected chi connectivity index (χ0v) is 32.6. The average molecular weight is 733 g/mol. The minimum Gasteiger partial charge on any atom is -0.135 e. The first kappa shape index (κ1) is 32.2. The third kappa shape index (κ3) is 4.47. The Morgan fingerprint density at radius 1 is 0.518 bits per heavy atom. The molecular weight excluding hydrogens is 693 g/mol. The van der Waals surface area contributed by atoms with Crippen LogP contribution in [-0.4, -0.2) is 0 Å². The molecule has 0 saturated heterocycles. The van der Waals surface area contributed by atoms with Gasteiger partial charge in [-0.15, -0.1) is 11.3 Å². The van der Waals surface area contributed by atoms with E-state index >= 15 is 0 Å². The van der Waals surface area contributed by atoms with Gasteiger partial charge < -0.3 is 0 Å². The van der Waals surface area contributed by atoms with Gasteiger partial charge in [-0.2, -0.15) is 0 Å². The molecule has 0 saturated carbocycles. The minimum absolute atomic E-state index is 0.0861. The van der Waals surface area contributed by atoms with Gasteiger partial charge in [0, 0.05) is 25.8 Å². The molecule has 12 rings (SSSR count). The number of hydrogen-bond acceptors (Lipinski definition) is 1. The van der Waals surface area contributed by atoms with Crippen LogP contribution in [0.15, 0.2) is 140 Å². The second-order valence-electron chi connectivity index (χ2n) is 16.5. The third-order valence-corrected chi connectivity index (χ3v) is 14.4. The van der Waals surface area contributed by atoms with Crippen molar-refractivity contribution in [2.75, 3.05) is 0 Å². The first-order chi connectivity index (χ1) is 27.6. The lowest BCUT2D eigenvalue weighted by molar-refractivity contribution is 0.666. The zero-order valence-electron chi connectivity index (χ0n) is 31.7. The van der Waals surface area contributed by atoms with Crippen molar-refractivity contribution in [2.45, 2.75) is 44.9 Å². The number of rotatable bonds is 3. The summed E-state index contributed by atoms with van der Waals surface area (Å²) in [7, 11) is 0. The van der Waals surface area contributed by atoms with Gasteiger partial charge in [-0.05, 0) is 136 Å². The molecule has 3 aliphatic carbocycles. The van der Waals surface area contributed by atoms with Crippen molar-refractivity contribution in [3.63, 3.8) is 0 Å². The second-order valence-corrected chi connectivity index (χ2v) is 17.5. The molecule has 0 radical (unpaired) electrons. The predicted octanol–water partition coefficient (Wildman–Crippen LogP) is 14.0. The van der Waals surface area contributed by atoms with E-state index in [0.717, 1.165) is 25.7 Å². The quantitative estimate of drug-likeness (QED) is 0.170. The molecule has 0 amide bonds. The van der Waals surface area contributed by atoms with Crippen LogP contribution in [0.5, 0.6) is 0 Å². The van der Waals surface area contributed by atoms with Gasteiger partial charge in [0.05, 0.1) is 0 Å². The fraction of sp³-hybridized carbons (Fsp3) is 0.127. The average Bonchev–Trinajstić information content (AvgIpc) is 3.75. The van der Waals surface area contributed by atoms with Gasteiger partial charge in [0.25, 0.3) is 0 Å². The number of fused-ring (bicyclic) bond motifs is 13. The SMILES string of the molecule is CC1(C)c2ccc(-c3ccc(-c4c5c(c(-c6cccc7ccccc67)c6ccccc46)=CCCC=5)cc3)cc2-c2c1c1c3c(sc1c1ccccc21)C=CCC3. The van der Waals surface area contributed by atoms with Crippen LogP contribution in [0.3, 0.4) is 0 Å². The van der Waals surface area contributed by atoms with Gasteiger partial charge in [0.2, 0.25) is 0 Å². The highest BCUT2D eigenvalue weighted by Crippen LogP contribution is 2.57. The number of aryl methyl sites for hydroxylation is 1. The lowest BCUT2D eigenvalue weighted by Gasteiger charge is -2.24. The van der Waals surface area contributed by atoms with Crippen molar-refractivity contribution in [1.82, 2.24) is 0 Å². The van der Waals surface area contributed by atoms with Crippen molar-refractivity contribution < 1.29 is 0 Å². The predicted molar refractivity (Wildman–Crippen MR) is 243 cm³/mol. The Labute approximate surface area is 331 Å². The van der Waals surface area contributed by atoms with E-state index in [-0.39, 0.29) is 5.41 Å². The highest BCUT2D eigenvalue weighted by atomic mass is 32.1. The molecule has 1 heteroatoms. The van der Waals surface area contributed by atoms with Crippen molar-refractivity contribution in [2.24, 2.45) is 0 Å². The van der Waals surface area contributed by atoms with Crippen LogP contribution in [0.2, 0.25) is 0 Å². The summed E-state index contributed by atoms with van der Waals surface area (Å²) in [5.41, 5.74) is 15.1. The van der Waals surface area contributed by atoms with E-state index in [0.29, 0.717) is 0 Å². The Hall–Kier alpha value is -6.02. The van der Waals surface area contributed by atoms with E-state index in [9.17, 15) is 0 Å². The first-order valence-electron chi connectivity index (χ1n) is 20.2. The third-order valence-electron chi connectivity index (χ3n) is 13.1. The number of benzene rings is 8. The summed E-state index contributed by atoms with van der Waals surface area (Å²) in [6.45, 7) is 4.90. The molecule has 0 spiro atoms. The lowest BCUT2D eigenvalue weighted by atomic mass is 9.78. The maximum atomic E-state index is 2.49. The van der Waals surface area contributed by atoms with Gasteiger partial charge >= 0.3 is 0 Å². The highest BCUT2D eigenvalue weighted by molar-refractivity contribution is 7.21. The molecule has 56 heavy (non-hydrogen) atoms. The Bertz CT molecular complexity index is 3310. The summed E-state index contributed by atoms with van der Waals surface area (Å²) in [6, 6.07) is 50.5. The first-order valence-corrected chi connectivity index (χ1v) is 21.0. The molecule has 0 nitrogen and oxygen atoms in total. The van der Waals surface area contributed by atoms with Gasteiger partial charge in [0.1, 0.15) is 0 Å². The molecule has 1 heterocycles. The molecule has 0 fully saturated rings. The maximum absolute atomic E-state index is 2.49. The standard InChI is InChI=1S/C55H40S/c1-55(2)47-31-30-36(32-46(47)51-43-21-9-10-22-44(43)54-52(53(51)55)45-23-11-12-25-48(45)56-54)33-26-28-35(29-27-33)49-39-17-5-7-19-41(39)50(42-20-8-6-18-40(42)49)38-24-13-15-34-14-3-4-16-37(34)38/h3-5,7,9-10,12-22,24-32H,6,8,11,23H2,1-2H3. The maximum Gasteiger partial charge on any atom is 0.0433 e. The van der Waals surface area contributed by atoms with Crippen LogP contribution in [0, 0.1) is 0 Å². The number of allylic oxidation sites excluding steroid dienone is 1. The molecule has 3 aliphatic rings. The Morgan fingerprint density at radius 2 is 1.14 bits per heavy atom. The summed E-state index contributed by atoms with van der Waals surface area (Å²) < 4.78 is 1.46. The fourth-order valence-corrected chi connectivity index (χ4v) is 12.0. The Kier molecular flexibility index (Phi) is 6.90. The number of thiophene rings is 1. The highest BCUT2D eigenvalue weighted by Gasteiger charge is 2.40. The number of hydrogen-bond donors (Lipinski definition) is 0. The van der Waals surface area contributed by atoms with E-state index < -0.39 is 0 Å². The van der Waals surface area contributed by atoms with E-state index in [4.69, 9.17) is 0 Å². The van der Waals surface area contributed by atoms with Gasteiger partial charge in [0.15, 0.2) is 0 Å². The summed E-state index contributed by atoms with van der Waals surface area (Å²) in [5.74, 6) is 0. The molecule has 9 aromatic rings. The lowest BCUT2D eigenvalue weighted by Crippen LogP contribution is -2.31. The normalized spacial score (nSPS) is 15.0.